The number of hydrogen-bond donors (Lipinski definition) is 0. The summed E-state index contributed by atoms with van der Waals surface area (Å²) in [7, 11) is -4.91. The lowest BCUT2D eigenvalue weighted by Crippen LogP contribution is -2.21. The van der Waals surface area contributed by atoms with Crippen LogP contribution in [0.5, 0.6) is 0 Å². The topological polar surface area (TPSA) is 57.2 Å². The number of rotatable bonds is 10. The first kappa shape index (κ1) is 29.2. The Morgan fingerprint density at radius 3 is 1.51 bits per heavy atom. The third kappa shape index (κ3) is 11.1. The second-order valence-corrected chi connectivity index (χ2v) is 14.0. The highest BCUT2D eigenvalue weighted by Gasteiger charge is 2.25. The third-order valence-electron chi connectivity index (χ3n) is 5.91. The first-order valence-corrected chi connectivity index (χ1v) is 15.7. The molecule has 0 bridgehead atoms. The standard InChI is InChI=1S/C22H23P.C8H18O3S/c1-22(2,3)18-14-16-21(17-15-18)23(19-10-6-4-7-11-19)20-12-8-5-9-13-20;1-2-3-4-5-6-7-8-12(9,10)11/h4-17H,1-3H3;2-8H2,1H3,(H,9,10,11). The van der Waals surface area contributed by atoms with Crippen molar-refractivity contribution in [2.45, 2.75) is 71.6 Å². The predicted molar refractivity (Wildman–Crippen MR) is 153 cm³/mol. The molecule has 0 aliphatic rings. The van der Waals surface area contributed by atoms with E-state index in [1.807, 2.05) is 0 Å². The Kier molecular flexibility index (Phi) is 12.1. The van der Waals surface area contributed by atoms with Gasteiger partial charge in [-0.05, 0) is 53.8 Å². The van der Waals surface area contributed by atoms with Gasteiger partial charge in [0.1, 0.15) is 15.9 Å². The monoisotopic (exact) mass is 512 g/mol. The summed E-state index contributed by atoms with van der Waals surface area (Å²) in [6.45, 7) is 8.93. The lowest BCUT2D eigenvalue weighted by Gasteiger charge is -2.19. The van der Waals surface area contributed by atoms with Gasteiger partial charge >= 0.3 is 0 Å². The van der Waals surface area contributed by atoms with E-state index >= 15 is 0 Å². The fourth-order valence-electron chi connectivity index (χ4n) is 3.91. The van der Waals surface area contributed by atoms with Crippen molar-refractivity contribution in [3.63, 3.8) is 0 Å². The molecule has 0 aliphatic heterocycles. The molecule has 0 fully saturated rings. The van der Waals surface area contributed by atoms with E-state index in [0.717, 1.165) is 19.3 Å². The minimum Gasteiger partial charge on any atom is -0.748 e. The summed E-state index contributed by atoms with van der Waals surface area (Å²) in [4.78, 5) is 0. The molecule has 0 heterocycles. The Bertz CT molecular complexity index is 1030. The van der Waals surface area contributed by atoms with Gasteiger partial charge < -0.3 is 4.55 Å². The molecule has 0 radical (unpaired) electrons. The molecular formula is C30H41O3PS. The summed E-state index contributed by atoms with van der Waals surface area (Å²) in [5.41, 5.74) is 1.59. The zero-order valence-corrected chi connectivity index (χ0v) is 23.5. The van der Waals surface area contributed by atoms with E-state index < -0.39 is 18.0 Å². The van der Waals surface area contributed by atoms with Crippen LogP contribution in [0.3, 0.4) is 0 Å². The summed E-state index contributed by atoms with van der Waals surface area (Å²) in [5.74, 6) is -0.195. The summed E-state index contributed by atoms with van der Waals surface area (Å²) < 4.78 is 30.5. The van der Waals surface area contributed by atoms with Gasteiger partial charge in [0.25, 0.3) is 0 Å². The molecular weight excluding hydrogens is 471 g/mol. The van der Waals surface area contributed by atoms with Gasteiger partial charge in [-0.3, -0.25) is 0 Å². The normalized spacial score (nSPS) is 11.7. The van der Waals surface area contributed by atoms with Crippen LogP contribution in [-0.2, 0) is 15.5 Å². The number of hydrogen-bond acceptors (Lipinski definition) is 3. The minimum atomic E-state index is -3.97. The van der Waals surface area contributed by atoms with Crippen LogP contribution in [0.15, 0.2) is 84.9 Å². The second-order valence-electron chi connectivity index (χ2n) is 9.96. The van der Waals surface area contributed by atoms with Crippen molar-refractivity contribution in [1.82, 2.24) is 0 Å². The van der Waals surface area contributed by atoms with E-state index in [1.54, 1.807) is 0 Å². The molecule has 0 atom stereocenters. The zero-order chi connectivity index (χ0) is 25.7. The predicted octanol–water partition coefficient (Wildman–Crippen LogP) is 6.37. The van der Waals surface area contributed by atoms with Crippen molar-refractivity contribution < 1.29 is 13.0 Å². The minimum absolute atomic E-state index is 0.195. The van der Waals surface area contributed by atoms with Crippen LogP contribution in [0.1, 0.15) is 71.8 Å². The molecule has 0 aromatic heterocycles. The van der Waals surface area contributed by atoms with E-state index in [-0.39, 0.29) is 11.2 Å². The highest BCUT2D eigenvalue weighted by molar-refractivity contribution is 7.85. The van der Waals surface area contributed by atoms with Crippen molar-refractivity contribution in [3.05, 3.63) is 90.5 Å². The third-order valence-corrected chi connectivity index (χ3v) is 9.43. The van der Waals surface area contributed by atoms with Crippen LogP contribution >= 0.6 is 7.92 Å². The first-order valence-electron chi connectivity index (χ1n) is 12.6. The molecule has 3 aromatic rings. The Hall–Kier alpha value is -2.00. The Balaban J connectivity index is 0.000000307. The van der Waals surface area contributed by atoms with Gasteiger partial charge in [0, 0.05) is 5.75 Å². The van der Waals surface area contributed by atoms with Gasteiger partial charge in [-0.2, -0.15) is 0 Å². The van der Waals surface area contributed by atoms with Gasteiger partial charge in [0.15, 0.2) is 0 Å². The molecule has 0 aliphatic carbocycles. The molecule has 3 rings (SSSR count). The van der Waals surface area contributed by atoms with E-state index in [9.17, 15) is 13.0 Å². The van der Waals surface area contributed by atoms with Crippen molar-refractivity contribution in [2.75, 3.05) is 5.75 Å². The highest BCUT2D eigenvalue weighted by atomic mass is 32.2. The van der Waals surface area contributed by atoms with Crippen molar-refractivity contribution in [3.8, 4) is 0 Å². The summed E-state index contributed by atoms with van der Waals surface area (Å²) >= 11 is 0. The number of unbranched alkanes of at least 4 members (excludes halogenated alkanes) is 5. The molecule has 0 saturated carbocycles. The van der Waals surface area contributed by atoms with E-state index in [2.05, 4.69) is 113 Å². The fourth-order valence-corrected chi connectivity index (χ4v) is 7.01. The van der Waals surface area contributed by atoms with Crippen LogP contribution in [0, 0.1) is 0 Å². The Morgan fingerprint density at radius 2 is 1.09 bits per heavy atom. The summed E-state index contributed by atoms with van der Waals surface area (Å²) in [6.07, 6.45) is 5.96. The van der Waals surface area contributed by atoms with Crippen molar-refractivity contribution in [2.24, 2.45) is 0 Å². The van der Waals surface area contributed by atoms with E-state index in [1.165, 1.54) is 34.3 Å². The van der Waals surface area contributed by atoms with Crippen LogP contribution in [-0.4, -0.2) is 18.7 Å². The van der Waals surface area contributed by atoms with Crippen molar-refractivity contribution >= 4 is 34.0 Å². The summed E-state index contributed by atoms with van der Waals surface area (Å²) in [6, 6.07) is 31.1. The van der Waals surface area contributed by atoms with Gasteiger partial charge in [-0.25, -0.2) is 8.42 Å². The lowest BCUT2D eigenvalue weighted by atomic mass is 9.87. The van der Waals surface area contributed by atoms with Gasteiger partial charge in [0.05, 0.1) is 18.0 Å². The average molecular weight is 513 g/mol. The molecule has 0 N–H and O–H groups in total. The van der Waals surface area contributed by atoms with Gasteiger partial charge in [0.2, 0.25) is 0 Å². The van der Waals surface area contributed by atoms with E-state index in [4.69, 9.17) is 0 Å². The Labute approximate surface area is 214 Å². The zero-order valence-electron chi connectivity index (χ0n) is 21.7. The molecule has 35 heavy (non-hydrogen) atoms. The smallest absolute Gasteiger partial charge is 0.102 e. The van der Waals surface area contributed by atoms with Crippen LogP contribution in [0.2, 0.25) is 0 Å². The average Bonchev–Trinajstić information content (AvgIpc) is 2.82. The molecule has 0 unspecified atom stereocenters. The molecule has 0 amide bonds. The lowest BCUT2D eigenvalue weighted by molar-refractivity contribution is 0.459. The highest BCUT2D eigenvalue weighted by Crippen LogP contribution is 2.33. The molecule has 0 saturated heterocycles. The van der Waals surface area contributed by atoms with E-state index in [0.29, 0.717) is 6.42 Å². The molecule has 3 aromatic carbocycles. The number of benzene rings is 3. The quantitative estimate of drug-likeness (QED) is 0.180. The fraction of sp³-hybridized carbons (Fsp3) is 0.400. The largest absolute Gasteiger partial charge is 0.748 e. The maximum atomic E-state index is 10.2. The van der Waals surface area contributed by atoms with Crippen molar-refractivity contribution in [1.29, 1.82) is 0 Å². The maximum Gasteiger partial charge on any atom is 0.102 e. The summed E-state index contributed by atoms with van der Waals surface area (Å²) in [5, 5.41) is 4.32. The van der Waals surface area contributed by atoms with Gasteiger partial charge in [-0.15, -0.1) is 0 Å². The molecule has 0 spiro atoms. The van der Waals surface area contributed by atoms with Gasteiger partial charge in [-0.1, -0.05) is 108 Å². The second kappa shape index (κ2) is 14.5. The molecule has 3 nitrogen and oxygen atoms in total. The first-order chi connectivity index (χ1) is 16.6. The van der Waals surface area contributed by atoms with Crippen LogP contribution < -0.4 is 15.9 Å². The Morgan fingerprint density at radius 1 is 0.657 bits per heavy atom. The molecule has 190 valence electrons. The van der Waals surface area contributed by atoms with Crippen LogP contribution in [0.25, 0.3) is 0 Å². The maximum absolute atomic E-state index is 10.2. The SMILES string of the molecule is CC(C)(C)c1ccc([PH+](c2ccccc2)c2ccccc2)cc1.CCCCCCCCS(=O)(=O)[O-]. The molecule has 5 heteroatoms. The van der Waals surface area contributed by atoms with Crippen LogP contribution in [0.4, 0.5) is 0 Å².